The summed E-state index contributed by atoms with van der Waals surface area (Å²) in [5.41, 5.74) is 0.813. The fourth-order valence-electron chi connectivity index (χ4n) is 8.21. The van der Waals surface area contributed by atoms with Gasteiger partial charge >= 0.3 is 5.97 Å². The van der Waals surface area contributed by atoms with Crippen molar-refractivity contribution in [2.75, 3.05) is 0 Å². The van der Waals surface area contributed by atoms with Crippen LogP contribution in [-0.4, -0.2) is 11.1 Å². The highest BCUT2D eigenvalue weighted by atomic mass is 16.4. The Morgan fingerprint density at radius 1 is 1.00 bits per heavy atom. The van der Waals surface area contributed by atoms with Crippen LogP contribution in [0.5, 0.6) is 0 Å². The maximum atomic E-state index is 11.2. The smallest absolute Gasteiger partial charge is 0.303 e. The number of carboxylic acid groups (broad SMARTS) is 1. The predicted octanol–water partition coefficient (Wildman–Crippen LogP) is 7.56. The Kier molecular flexibility index (Phi) is 6.87. The van der Waals surface area contributed by atoms with E-state index in [0.29, 0.717) is 11.8 Å². The summed E-state index contributed by atoms with van der Waals surface area (Å²) in [4.78, 5) is 11.2. The van der Waals surface area contributed by atoms with Crippen LogP contribution in [-0.2, 0) is 4.79 Å². The first-order chi connectivity index (χ1) is 13.2. The van der Waals surface area contributed by atoms with Gasteiger partial charge < -0.3 is 5.11 Å². The molecule has 2 heteroatoms. The lowest BCUT2D eigenvalue weighted by Crippen LogP contribution is -2.49. The van der Waals surface area contributed by atoms with E-state index in [1.54, 1.807) is 0 Å². The predicted molar refractivity (Wildman–Crippen MR) is 117 cm³/mol. The van der Waals surface area contributed by atoms with Gasteiger partial charge in [-0.2, -0.15) is 0 Å². The molecule has 28 heavy (non-hydrogen) atoms. The van der Waals surface area contributed by atoms with Crippen LogP contribution in [0.15, 0.2) is 0 Å². The maximum Gasteiger partial charge on any atom is 0.303 e. The van der Waals surface area contributed by atoms with E-state index < -0.39 is 5.97 Å². The SMILES string of the molecule is CC(C)CCCC(C)C1CCC2C3CCCC(C)(CCC(=O)O)C3CCC12C. The number of hydrogen-bond donors (Lipinski definition) is 1. The Bertz CT molecular complexity index is 541. The highest BCUT2D eigenvalue weighted by molar-refractivity contribution is 5.66. The molecule has 3 aliphatic carbocycles. The standard InChI is InChI=1S/C26H46O2/c1-18(2)8-6-9-19(3)21-11-12-23-20-10-7-15-25(4,16-14-24(27)28)22(20)13-17-26(21,23)5/h18-23H,6-17H2,1-5H3,(H,27,28). The summed E-state index contributed by atoms with van der Waals surface area (Å²) in [5.74, 6) is 4.53. The molecule has 7 unspecified atom stereocenters. The van der Waals surface area contributed by atoms with Crippen LogP contribution in [0.4, 0.5) is 0 Å². The molecule has 0 amide bonds. The van der Waals surface area contributed by atoms with Crippen molar-refractivity contribution >= 4 is 5.97 Å². The Balaban J connectivity index is 1.68. The molecule has 7 atom stereocenters. The molecule has 1 N–H and O–H groups in total. The summed E-state index contributed by atoms with van der Waals surface area (Å²) < 4.78 is 0. The molecule has 0 saturated heterocycles. The quantitative estimate of drug-likeness (QED) is 0.464. The van der Waals surface area contributed by atoms with Gasteiger partial charge in [-0.3, -0.25) is 4.79 Å². The van der Waals surface area contributed by atoms with Crippen LogP contribution in [0.3, 0.4) is 0 Å². The Morgan fingerprint density at radius 2 is 1.75 bits per heavy atom. The van der Waals surface area contributed by atoms with Gasteiger partial charge in [0, 0.05) is 6.42 Å². The number of rotatable bonds is 8. The van der Waals surface area contributed by atoms with Gasteiger partial charge in [-0.15, -0.1) is 0 Å². The van der Waals surface area contributed by atoms with E-state index in [0.717, 1.165) is 41.9 Å². The van der Waals surface area contributed by atoms with Crippen molar-refractivity contribution in [3.05, 3.63) is 0 Å². The second-order valence-corrected chi connectivity index (χ2v) is 11.8. The first-order valence-electron chi connectivity index (χ1n) is 12.4. The Morgan fingerprint density at radius 3 is 2.43 bits per heavy atom. The van der Waals surface area contributed by atoms with Crippen molar-refractivity contribution in [1.82, 2.24) is 0 Å². The van der Waals surface area contributed by atoms with Gasteiger partial charge in [-0.05, 0) is 91.3 Å². The number of carboxylic acids is 1. The Hall–Kier alpha value is -0.530. The van der Waals surface area contributed by atoms with Crippen LogP contribution >= 0.6 is 0 Å². The van der Waals surface area contributed by atoms with Gasteiger partial charge in [0.05, 0.1) is 0 Å². The van der Waals surface area contributed by atoms with Crippen molar-refractivity contribution in [3.63, 3.8) is 0 Å². The molecule has 0 spiro atoms. The molecular formula is C26H46O2. The maximum absolute atomic E-state index is 11.2. The lowest BCUT2D eigenvalue weighted by molar-refractivity contribution is -0.139. The first kappa shape index (κ1) is 22.2. The summed E-state index contributed by atoms with van der Waals surface area (Å²) in [6, 6.07) is 0. The van der Waals surface area contributed by atoms with Gasteiger partial charge in [0.1, 0.15) is 0 Å². The minimum absolute atomic E-state index is 0.267. The van der Waals surface area contributed by atoms with Crippen molar-refractivity contribution in [1.29, 1.82) is 0 Å². The van der Waals surface area contributed by atoms with Gasteiger partial charge in [0.15, 0.2) is 0 Å². The normalized spacial score (nSPS) is 41.5. The number of carbonyl (C=O) groups is 1. The highest BCUT2D eigenvalue weighted by Crippen LogP contribution is 2.66. The molecule has 3 rings (SSSR count). The molecule has 0 aromatic heterocycles. The fourth-order valence-corrected chi connectivity index (χ4v) is 8.21. The van der Waals surface area contributed by atoms with E-state index in [9.17, 15) is 9.90 Å². The molecule has 3 saturated carbocycles. The fraction of sp³-hybridized carbons (Fsp3) is 0.962. The molecule has 0 heterocycles. The zero-order valence-electron chi connectivity index (χ0n) is 19.3. The van der Waals surface area contributed by atoms with Crippen LogP contribution < -0.4 is 0 Å². The zero-order chi connectivity index (χ0) is 20.5. The Labute approximate surface area is 174 Å². The third-order valence-corrected chi connectivity index (χ3v) is 9.73. The van der Waals surface area contributed by atoms with Crippen molar-refractivity contribution in [2.24, 2.45) is 46.3 Å². The highest BCUT2D eigenvalue weighted by Gasteiger charge is 2.58. The second-order valence-electron chi connectivity index (χ2n) is 11.8. The summed E-state index contributed by atoms with van der Waals surface area (Å²) >= 11 is 0. The van der Waals surface area contributed by atoms with Crippen molar-refractivity contribution < 1.29 is 9.90 Å². The van der Waals surface area contributed by atoms with Gasteiger partial charge in [0.2, 0.25) is 0 Å². The third-order valence-electron chi connectivity index (χ3n) is 9.73. The van der Waals surface area contributed by atoms with Gasteiger partial charge in [-0.25, -0.2) is 0 Å². The van der Waals surface area contributed by atoms with E-state index in [2.05, 4.69) is 34.6 Å². The molecule has 2 nitrogen and oxygen atoms in total. The van der Waals surface area contributed by atoms with Crippen LogP contribution in [0.25, 0.3) is 0 Å². The van der Waals surface area contributed by atoms with E-state index in [1.165, 1.54) is 64.2 Å². The second kappa shape index (κ2) is 8.68. The van der Waals surface area contributed by atoms with Crippen molar-refractivity contribution in [3.8, 4) is 0 Å². The van der Waals surface area contributed by atoms with E-state index in [1.807, 2.05) is 0 Å². The summed E-state index contributed by atoms with van der Waals surface area (Å²) in [6.45, 7) is 12.3. The minimum atomic E-state index is -0.611. The summed E-state index contributed by atoms with van der Waals surface area (Å²) in [6.07, 6.45) is 15.0. The number of hydrogen-bond acceptors (Lipinski definition) is 1. The molecule has 162 valence electrons. The number of fused-ring (bicyclic) bond motifs is 3. The summed E-state index contributed by atoms with van der Waals surface area (Å²) in [7, 11) is 0. The summed E-state index contributed by atoms with van der Waals surface area (Å²) in [5, 5.41) is 9.25. The molecule has 0 aromatic rings. The molecule has 0 radical (unpaired) electrons. The van der Waals surface area contributed by atoms with Crippen LogP contribution in [0.1, 0.15) is 112 Å². The number of aliphatic carboxylic acids is 1. The molecular weight excluding hydrogens is 344 g/mol. The monoisotopic (exact) mass is 390 g/mol. The molecule has 3 fully saturated rings. The van der Waals surface area contributed by atoms with Crippen LogP contribution in [0, 0.1) is 46.3 Å². The average molecular weight is 391 g/mol. The zero-order valence-corrected chi connectivity index (χ0v) is 19.3. The van der Waals surface area contributed by atoms with Gasteiger partial charge in [-0.1, -0.05) is 60.3 Å². The van der Waals surface area contributed by atoms with Crippen LogP contribution in [0.2, 0.25) is 0 Å². The van der Waals surface area contributed by atoms with Gasteiger partial charge in [0.25, 0.3) is 0 Å². The molecule has 0 bridgehead atoms. The molecule has 0 aliphatic heterocycles. The lowest BCUT2D eigenvalue weighted by atomic mass is 9.48. The van der Waals surface area contributed by atoms with Crippen molar-refractivity contribution in [2.45, 2.75) is 112 Å². The molecule has 0 aromatic carbocycles. The lowest BCUT2D eigenvalue weighted by Gasteiger charge is -2.57. The van der Waals surface area contributed by atoms with E-state index in [-0.39, 0.29) is 5.41 Å². The first-order valence-corrected chi connectivity index (χ1v) is 12.4. The topological polar surface area (TPSA) is 37.3 Å². The van der Waals surface area contributed by atoms with E-state index in [4.69, 9.17) is 0 Å². The minimum Gasteiger partial charge on any atom is -0.481 e. The third kappa shape index (κ3) is 4.31. The largest absolute Gasteiger partial charge is 0.481 e. The molecule has 3 aliphatic rings. The van der Waals surface area contributed by atoms with E-state index >= 15 is 0 Å². The average Bonchev–Trinajstić information content (AvgIpc) is 2.97.